The normalized spacial score (nSPS) is 18.4. The molecule has 0 atom stereocenters. The van der Waals surface area contributed by atoms with E-state index < -0.39 is 15.6 Å². The SMILES string of the molecule is CNc1ccc(S(=O)(=O)N(C)CC2(O)CCCC2)cc1. The van der Waals surface area contributed by atoms with Crippen LogP contribution in [0.2, 0.25) is 0 Å². The summed E-state index contributed by atoms with van der Waals surface area (Å²) in [6.45, 7) is 0.156. The van der Waals surface area contributed by atoms with E-state index in [1.165, 1.54) is 11.4 Å². The molecule has 2 rings (SSSR count). The van der Waals surface area contributed by atoms with Gasteiger partial charge < -0.3 is 10.4 Å². The lowest BCUT2D eigenvalue weighted by atomic mass is 10.0. The Morgan fingerprint density at radius 3 is 2.30 bits per heavy atom. The molecule has 1 aliphatic rings. The number of hydrogen-bond donors (Lipinski definition) is 2. The maximum atomic E-state index is 12.5. The lowest BCUT2D eigenvalue weighted by Gasteiger charge is -2.28. The number of aliphatic hydroxyl groups is 1. The number of sulfonamides is 1. The molecule has 0 spiro atoms. The minimum Gasteiger partial charge on any atom is -0.389 e. The number of nitrogens with one attached hydrogen (secondary N) is 1. The molecule has 1 aliphatic carbocycles. The van der Waals surface area contributed by atoms with E-state index in [0.29, 0.717) is 12.8 Å². The van der Waals surface area contributed by atoms with Gasteiger partial charge in [-0.3, -0.25) is 0 Å². The highest BCUT2D eigenvalue weighted by Gasteiger charge is 2.35. The zero-order chi connectivity index (χ0) is 14.8. The van der Waals surface area contributed by atoms with Gasteiger partial charge in [0.25, 0.3) is 0 Å². The van der Waals surface area contributed by atoms with Crippen LogP contribution in [-0.4, -0.2) is 44.1 Å². The third-order valence-corrected chi connectivity index (χ3v) is 5.72. The van der Waals surface area contributed by atoms with Gasteiger partial charge in [-0.2, -0.15) is 4.31 Å². The molecule has 0 amide bonds. The van der Waals surface area contributed by atoms with Crippen molar-refractivity contribution in [1.82, 2.24) is 4.31 Å². The first-order valence-electron chi connectivity index (χ1n) is 6.84. The van der Waals surface area contributed by atoms with Gasteiger partial charge in [0.1, 0.15) is 0 Å². The van der Waals surface area contributed by atoms with Crippen molar-refractivity contribution in [3.05, 3.63) is 24.3 Å². The topological polar surface area (TPSA) is 69.6 Å². The number of nitrogens with zero attached hydrogens (tertiary/aromatic N) is 1. The summed E-state index contributed by atoms with van der Waals surface area (Å²) >= 11 is 0. The molecular weight excluding hydrogens is 276 g/mol. The first kappa shape index (κ1) is 15.3. The predicted octanol–water partition coefficient (Wildman–Crippen LogP) is 1.65. The lowest BCUT2D eigenvalue weighted by Crippen LogP contribution is -2.41. The molecule has 6 heteroatoms. The van der Waals surface area contributed by atoms with Gasteiger partial charge in [-0.15, -0.1) is 0 Å². The largest absolute Gasteiger partial charge is 0.389 e. The third-order valence-electron chi connectivity index (χ3n) is 3.90. The van der Waals surface area contributed by atoms with Crippen LogP contribution >= 0.6 is 0 Å². The molecule has 0 aromatic heterocycles. The second-order valence-corrected chi connectivity index (χ2v) is 7.51. The first-order valence-corrected chi connectivity index (χ1v) is 8.28. The summed E-state index contributed by atoms with van der Waals surface area (Å²) < 4.78 is 26.2. The molecular formula is C14H22N2O3S. The summed E-state index contributed by atoms with van der Waals surface area (Å²) in [5.41, 5.74) is -0.00626. The monoisotopic (exact) mass is 298 g/mol. The number of benzene rings is 1. The fourth-order valence-corrected chi connectivity index (χ4v) is 3.91. The van der Waals surface area contributed by atoms with Crippen LogP contribution in [0.5, 0.6) is 0 Å². The highest BCUT2D eigenvalue weighted by Crippen LogP contribution is 2.31. The average Bonchev–Trinajstić information content (AvgIpc) is 2.85. The summed E-state index contributed by atoms with van der Waals surface area (Å²) in [5.74, 6) is 0. The molecule has 0 unspecified atom stereocenters. The van der Waals surface area contributed by atoms with Gasteiger partial charge >= 0.3 is 0 Å². The van der Waals surface area contributed by atoms with Crippen molar-refractivity contribution >= 4 is 15.7 Å². The van der Waals surface area contributed by atoms with E-state index >= 15 is 0 Å². The summed E-state index contributed by atoms with van der Waals surface area (Å²) in [7, 11) is -0.236. The molecule has 5 nitrogen and oxygen atoms in total. The summed E-state index contributed by atoms with van der Waals surface area (Å²) in [5, 5.41) is 13.3. The molecule has 1 fully saturated rings. The van der Waals surface area contributed by atoms with Crippen molar-refractivity contribution < 1.29 is 13.5 Å². The van der Waals surface area contributed by atoms with Gasteiger partial charge in [0.05, 0.1) is 10.5 Å². The van der Waals surface area contributed by atoms with Gasteiger partial charge in [-0.05, 0) is 37.1 Å². The van der Waals surface area contributed by atoms with Gasteiger partial charge in [0.15, 0.2) is 0 Å². The quantitative estimate of drug-likeness (QED) is 0.867. The molecule has 0 heterocycles. The third kappa shape index (κ3) is 3.13. The average molecular weight is 298 g/mol. The van der Waals surface area contributed by atoms with Crippen molar-refractivity contribution in [3.8, 4) is 0 Å². The smallest absolute Gasteiger partial charge is 0.242 e. The van der Waals surface area contributed by atoms with E-state index in [-0.39, 0.29) is 11.4 Å². The Hall–Kier alpha value is -1.11. The summed E-state index contributed by atoms with van der Waals surface area (Å²) in [4.78, 5) is 0.251. The number of hydrogen-bond acceptors (Lipinski definition) is 4. The molecule has 0 saturated heterocycles. The van der Waals surface area contributed by atoms with E-state index in [4.69, 9.17) is 0 Å². The van der Waals surface area contributed by atoms with Gasteiger partial charge in [-0.1, -0.05) is 12.8 Å². The van der Waals surface area contributed by atoms with Crippen LogP contribution < -0.4 is 5.32 Å². The van der Waals surface area contributed by atoms with Crippen molar-refractivity contribution in [3.63, 3.8) is 0 Å². The Balaban J connectivity index is 2.15. The van der Waals surface area contributed by atoms with Gasteiger partial charge in [0, 0.05) is 26.3 Å². The van der Waals surface area contributed by atoms with Crippen LogP contribution in [0.1, 0.15) is 25.7 Å². The maximum Gasteiger partial charge on any atom is 0.242 e. The molecule has 112 valence electrons. The molecule has 2 N–H and O–H groups in total. The summed E-state index contributed by atoms with van der Waals surface area (Å²) in [6.07, 6.45) is 3.26. The Bertz CT molecular complexity index is 548. The highest BCUT2D eigenvalue weighted by molar-refractivity contribution is 7.89. The predicted molar refractivity (Wildman–Crippen MR) is 79.2 cm³/mol. The Morgan fingerprint density at radius 2 is 1.80 bits per heavy atom. The fourth-order valence-electron chi connectivity index (χ4n) is 2.66. The zero-order valence-corrected chi connectivity index (χ0v) is 12.8. The van der Waals surface area contributed by atoms with Crippen molar-refractivity contribution in [2.24, 2.45) is 0 Å². The minimum absolute atomic E-state index is 0.156. The summed E-state index contributed by atoms with van der Waals surface area (Å²) in [6, 6.07) is 6.61. The first-order chi connectivity index (χ1) is 9.37. The van der Waals surface area contributed by atoms with Crippen LogP contribution in [0.3, 0.4) is 0 Å². The molecule has 0 bridgehead atoms. The van der Waals surface area contributed by atoms with E-state index in [1.54, 1.807) is 31.3 Å². The Kier molecular flexibility index (Phi) is 4.36. The number of rotatable bonds is 5. The molecule has 0 radical (unpaired) electrons. The molecule has 0 aliphatic heterocycles. The standard InChI is InChI=1S/C14H22N2O3S/c1-15-12-5-7-13(8-6-12)20(18,19)16(2)11-14(17)9-3-4-10-14/h5-8,15,17H,3-4,9-11H2,1-2H3. The Labute approximate surface area is 120 Å². The van der Waals surface area contributed by atoms with Crippen LogP contribution in [0, 0.1) is 0 Å². The lowest BCUT2D eigenvalue weighted by molar-refractivity contribution is 0.0333. The van der Waals surface area contributed by atoms with Crippen LogP contribution in [-0.2, 0) is 10.0 Å². The van der Waals surface area contributed by atoms with E-state index in [2.05, 4.69) is 5.32 Å². The Morgan fingerprint density at radius 1 is 1.25 bits per heavy atom. The van der Waals surface area contributed by atoms with E-state index in [9.17, 15) is 13.5 Å². The maximum absolute atomic E-state index is 12.5. The van der Waals surface area contributed by atoms with E-state index in [0.717, 1.165) is 18.5 Å². The second-order valence-electron chi connectivity index (χ2n) is 5.47. The van der Waals surface area contributed by atoms with Crippen LogP contribution in [0.25, 0.3) is 0 Å². The molecule has 20 heavy (non-hydrogen) atoms. The molecule has 1 aromatic carbocycles. The van der Waals surface area contributed by atoms with Gasteiger partial charge in [-0.25, -0.2) is 8.42 Å². The van der Waals surface area contributed by atoms with Crippen molar-refractivity contribution in [1.29, 1.82) is 0 Å². The van der Waals surface area contributed by atoms with Crippen molar-refractivity contribution in [2.45, 2.75) is 36.2 Å². The number of likely N-dealkylation sites (N-methyl/N-ethyl adjacent to an activating group) is 1. The number of anilines is 1. The zero-order valence-electron chi connectivity index (χ0n) is 12.0. The van der Waals surface area contributed by atoms with Gasteiger partial charge in [0.2, 0.25) is 10.0 Å². The molecule has 1 aromatic rings. The second kappa shape index (κ2) is 5.71. The van der Waals surface area contributed by atoms with Crippen LogP contribution in [0.15, 0.2) is 29.2 Å². The van der Waals surface area contributed by atoms with Crippen molar-refractivity contribution in [2.75, 3.05) is 26.0 Å². The minimum atomic E-state index is -3.54. The molecule has 1 saturated carbocycles. The highest BCUT2D eigenvalue weighted by atomic mass is 32.2. The fraction of sp³-hybridized carbons (Fsp3) is 0.571. The van der Waals surface area contributed by atoms with E-state index in [1.807, 2.05) is 0 Å². The van der Waals surface area contributed by atoms with Crippen LogP contribution in [0.4, 0.5) is 5.69 Å².